The second-order valence-electron chi connectivity index (χ2n) is 4.65. The molecule has 0 amide bonds. The average molecular weight is 251 g/mol. The predicted octanol–water partition coefficient (Wildman–Crippen LogP) is 0.964. The first-order valence-electron chi connectivity index (χ1n) is 6.31. The fourth-order valence-corrected chi connectivity index (χ4v) is 2.33. The number of rotatable bonds is 4. The Morgan fingerprint density at radius 1 is 1.50 bits per heavy atom. The SMILES string of the molecule is COc1c(N)ncnc1NCC1CCCCN1C. The first-order chi connectivity index (χ1) is 8.72. The van der Waals surface area contributed by atoms with Crippen molar-refractivity contribution < 1.29 is 4.74 Å². The molecule has 0 aromatic carbocycles. The summed E-state index contributed by atoms with van der Waals surface area (Å²) >= 11 is 0. The largest absolute Gasteiger partial charge is 0.490 e. The van der Waals surface area contributed by atoms with Crippen LogP contribution in [0.2, 0.25) is 0 Å². The van der Waals surface area contributed by atoms with Crippen LogP contribution in [0, 0.1) is 0 Å². The number of methoxy groups -OCH3 is 1. The van der Waals surface area contributed by atoms with Crippen LogP contribution in [0.15, 0.2) is 6.33 Å². The molecule has 2 heterocycles. The zero-order chi connectivity index (χ0) is 13.0. The number of nitrogens with two attached hydrogens (primary N) is 1. The molecule has 1 atom stereocenters. The third-order valence-corrected chi connectivity index (χ3v) is 3.46. The van der Waals surface area contributed by atoms with Crippen LogP contribution >= 0.6 is 0 Å². The summed E-state index contributed by atoms with van der Waals surface area (Å²) in [7, 11) is 3.74. The number of hydrogen-bond acceptors (Lipinski definition) is 6. The molecule has 6 heteroatoms. The van der Waals surface area contributed by atoms with E-state index in [1.54, 1.807) is 7.11 Å². The number of nitrogen functional groups attached to an aromatic ring is 1. The van der Waals surface area contributed by atoms with Crippen molar-refractivity contribution in [1.82, 2.24) is 14.9 Å². The molecular formula is C12H21N5O. The smallest absolute Gasteiger partial charge is 0.203 e. The molecule has 1 saturated heterocycles. The summed E-state index contributed by atoms with van der Waals surface area (Å²) < 4.78 is 5.22. The Balaban J connectivity index is 1.99. The Labute approximate surface area is 108 Å². The summed E-state index contributed by atoms with van der Waals surface area (Å²) in [6.07, 6.45) is 5.24. The van der Waals surface area contributed by atoms with Crippen LogP contribution in [-0.4, -0.2) is 48.2 Å². The molecule has 0 aliphatic carbocycles. The van der Waals surface area contributed by atoms with Crippen molar-refractivity contribution in [2.45, 2.75) is 25.3 Å². The zero-order valence-electron chi connectivity index (χ0n) is 11.0. The van der Waals surface area contributed by atoms with E-state index in [2.05, 4.69) is 27.2 Å². The molecule has 100 valence electrons. The molecule has 1 fully saturated rings. The second-order valence-corrected chi connectivity index (χ2v) is 4.65. The van der Waals surface area contributed by atoms with E-state index in [0.29, 0.717) is 23.4 Å². The molecule has 1 aliphatic heterocycles. The topological polar surface area (TPSA) is 76.3 Å². The van der Waals surface area contributed by atoms with Crippen molar-refractivity contribution in [3.8, 4) is 5.75 Å². The van der Waals surface area contributed by atoms with Crippen molar-refractivity contribution in [1.29, 1.82) is 0 Å². The van der Waals surface area contributed by atoms with Crippen LogP contribution < -0.4 is 15.8 Å². The number of aromatic nitrogens is 2. The molecule has 0 saturated carbocycles. The van der Waals surface area contributed by atoms with Gasteiger partial charge in [0, 0.05) is 12.6 Å². The fourth-order valence-electron chi connectivity index (χ4n) is 2.33. The molecule has 3 N–H and O–H groups in total. The molecule has 18 heavy (non-hydrogen) atoms. The maximum atomic E-state index is 5.74. The van der Waals surface area contributed by atoms with Crippen molar-refractivity contribution >= 4 is 11.6 Å². The molecule has 2 rings (SSSR count). The normalized spacial score (nSPS) is 20.7. The van der Waals surface area contributed by atoms with Gasteiger partial charge in [0.1, 0.15) is 6.33 Å². The summed E-state index contributed by atoms with van der Waals surface area (Å²) in [5.74, 6) is 1.56. The van der Waals surface area contributed by atoms with E-state index < -0.39 is 0 Å². The van der Waals surface area contributed by atoms with E-state index >= 15 is 0 Å². The number of likely N-dealkylation sites (tertiary alicyclic amines) is 1. The third-order valence-electron chi connectivity index (χ3n) is 3.46. The summed E-state index contributed by atoms with van der Waals surface area (Å²) in [6.45, 7) is 2.01. The van der Waals surface area contributed by atoms with Gasteiger partial charge in [0.15, 0.2) is 11.6 Å². The minimum Gasteiger partial charge on any atom is -0.490 e. The molecule has 0 spiro atoms. The van der Waals surface area contributed by atoms with E-state index in [1.165, 1.54) is 25.6 Å². The number of nitrogens with zero attached hydrogens (tertiary/aromatic N) is 3. The van der Waals surface area contributed by atoms with Crippen LogP contribution in [0.5, 0.6) is 5.75 Å². The van der Waals surface area contributed by atoms with E-state index in [0.717, 1.165) is 13.1 Å². The molecule has 1 aromatic rings. The van der Waals surface area contributed by atoms with Gasteiger partial charge in [-0.05, 0) is 26.4 Å². The van der Waals surface area contributed by atoms with Crippen molar-refractivity contribution in [2.75, 3.05) is 38.3 Å². The van der Waals surface area contributed by atoms with Gasteiger partial charge >= 0.3 is 0 Å². The maximum absolute atomic E-state index is 5.74. The Hall–Kier alpha value is -1.56. The second kappa shape index (κ2) is 5.86. The van der Waals surface area contributed by atoms with Gasteiger partial charge < -0.3 is 20.7 Å². The molecule has 1 aromatic heterocycles. The molecule has 6 nitrogen and oxygen atoms in total. The Bertz CT molecular complexity index is 398. The lowest BCUT2D eigenvalue weighted by Gasteiger charge is -2.32. The van der Waals surface area contributed by atoms with Crippen LogP contribution in [0.3, 0.4) is 0 Å². The fraction of sp³-hybridized carbons (Fsp3) is 0.667. The van der Waals surface area contributed by atoms with E-state index in [9.17, 15) is 0 Å². The summed E-state index contributed by atoms with van der Waals surface area (Å²) in [5, 5.41) is 3.31. The highest BCUT2D eigenvalue weighted by atomic mass is 16.5. The van der Waals surface area contributed by atoms with Crippen molar-refractivity contribution in [3.63, 3.8) is 0 Å². The molecule has 0 radical (unpaired) electrons. The van der Waals surface area contributed by atoms with Crippen LogP contribution in [0.4, 0.5) is 11.6 Å². The van der Waals surface area contributed by atoms with Crippen LogP contribution in [-0.2, 0) is 0 Å². The third kappa shape index (κ3) is 2.81. The molecular weight excluding hydrogens is 230 g/mol. The molecule has 1 unspecified atom stereocenters. The number of anilines is 2. The van der Waals surface area contributed by atoms with Crippen molar-refractivity contribution in [3.05, 3.63) is 6.33 Å². The van der Waals surface area contributed by atoms with Gasteiger partial charge in [0.2, 0.25) is 5.75 Å². The summed E-state index contributed by atoms with van der Waals surface area (Å²) in [6, 6.07) is 0.541. The highest BCUT2D eigenvalue weighted by Gasteiger charge is 2.19. The molecule has 0 bridgehead atoms. The Morgan fingerprint density at radius 3 is 3.06 bits per heavy atom. The van der Waals surface area contributed by atoms with Crippen LogP contribution in [0.25, 0.3) is 0 Å². The lowest BCUT2D eigenvalue weighted by atomic mass is 10.0. The van der Waals surface area contributed by atoms with Crippen molar-refractivity contribution in [2.24, 2.45) is 0 Å². The van der Waals surface area contributed by atoms with Gasteiger partial charge in [-0.2, -0.15) is 0 Å². The Morgan fingerprint density at radius 2 is 2.33 bits per heavy atom. The number of hydrogen-bond donors (Lipinski definition) is 2. The molecule has 1 aliphatic rings. The highest BCUT2D eigenvalue weighted by molar-refractivity contribution is 5.61. The summed E-state index contributed by atoms with van der Waals surface area (Å²) in [5.41, 5.74) is 5.74. The van der Waals surface area contributed by atoms with E-state index in [-0.39, 0.29) is 0 Å². The quantitative estimate of drug-likeness (QED) is 0.830. The maximum Gasteiger partial charge on any atom is 0.203 e. The number of piperidine rings is 1. The van der Waals surface area contributed by atoms with Crippen LogP contribution in [0.1, 0.15) is 19.3 Å². The van der Waals surface area contributed by atoms with Gasteiger partial charge in [-0.15, -0.1) is 0 Å². The minimum absolute atomic E-state index is 0.368. The lowest BCUT2D eigenvalue weighted by molar-refractivity contribution is 0.194. The average Bonchev–Trinajstić information content (AvgIpc) is 2.38. The standard InChI is InChI=1S/C12H21N5O/c1-17-6-4-3-5-9(17)7-14-12-10(18-2)11(13)15-8-16-12/h8-9H,3-7H2,1-2H3,(H3,13,14,15,16). The van der Waals surface area contributed by atoms with Gasteiger partial charge in [-0.1, -0.05) is 6.42 Å². The minimum atomic E-state index is 0.368. The number of nitrogens with one attached hydrogen (secondary N) is 1. The van der Waals surface area contributed by atoms with Gasteiger partial charge in [-0.3, -0.25) is 0 Å². The monoisotopic (exact) mass is 251 g/mol. The lowest BCUT2D eigenvalue weighted by Crippen LogP contribution is -2.40. The Kier molecular flexibility index (Phi) is 4.19. The zero-order valence-corrected chi connectivity index (χ0v) is 11.0. The first-order valence-corrected chi connectivity index (χ1v) is 6.31. The first kappa shape index (κ1) is 12.9. The van der Waals surface area contributed by atoms with E-state index in [4.69, 9.17) is 10.5 Å². The van der Waals surface area contributed by atoms with E-state index in [1.807, 2.05) is 0 Å². The van der Waals surface area contributed by atoms with Gasteiger partial charge in [-0.25, -0.2) is 9.97 Å². The number of ether oxygens (including phenoxy) is 1. The highest BCUT2D eigenvalue weighted by Crippen LogP contribution is 2.26. The summed E-state index contributed by atoms with van der Waals surface area (Å²) in [4.78, 5) is 10.5. The predicted molar refractivity (Wildman–Crippen MR) is 71.8 cm³/mol. The van der Waals surface area contributed by atoms with Gasteiger partial charge in [0.25, 0.3) is 0 Å². The number of likely N-dealkylation sites (N-methyl/N-ethyl adjacent to an activating group) is 1. The van der Waals surface area contributed by atoms with Gasteiger partial charge in [0.05, 0.1) is 7.11 Å².